The van der Waals surface area contributed by atoms with Gasteiger partial charge >= 0.3 is 0 Å². The van der Waals surface area contributed by atoms with Gasteiger partial charge in [0.05, 0.1) is 29.9 Å². The molecule has 0 bridgehead atoms. The summed E-state index contributed by atoms with van der Waals surface area (Å²) in [6, 6.07) is 22.9. The van der Waals surface area contributed by atoms with Crippen molar-refractivity contribution in [3.8, 4) is 17.0 Å². The second kappa shape index (κ2) is 11.2. The van der Waals surface area contributed by atoms with Crippen molar-refractivity contribution >= 4 is 32.5 Å². The normalized spacial score (nSPS) is 11.9. The summed E-state index contributed by atoms with van der Waals surface area (Å²) >= 11 is 1.60. The molecule has 0 amide bonds. The third kappa shape index (κ3) is 5.47. The standard InChI is InChI=1S/C20H19N5OS.C9H10/c1-21-20-25-19-16(26-2)8-13(9-17(19)27-20)10-23-18-12-22-11-15(24-18)14-6-4-3-5-7-14;1-2-5-9-7-3-6-8(9)4-1/h3-9,11-12H,10H2,1-2H3,(H,21,25)(H,23,24);1-2,4-5H,3,6-7H2. The minimum Gasteiger partial charge on any atom is -0.494 e. The van der Waals surface area contributed by atoms with Gasteiger partial charge in [-0.2, -0.15) is 0 Å². The van der Waals surface area contributed by atoms with Crippen LogP contribution in [0.25, 0.3) is 21.5 Å². The molecule has 0 saturated carbocycles. The molecule has 0 spiro atoms. The first kappa shape index (κ1) is 23.8. The summed E-state index contributed by atoms with van der Waals surface area (Å²) < 4.78 is 6.60. The van der Waals surface area contributed by atoms with Gasteiger partial charge in [0.25, 0.3) is 0 Å². The molecule has 5 aromatic rings. The number of nitrogens with one attached hydrogen (secondary N) is 2. The predicted molar refractivity (Wildman–Crippen MR) is 149 cm³/mol. The summed E-state index contributed by atoms with van der Waals surface area (Å²) in [5, 5.41) is 7.30. The van der Waals surface area contributed by atoms with Crippen LogP contribution >= 0.6 is 11.3 Å². The molecule has 2 heterocycles. The van der Waals surface area contributed by atoms with Crippen LogP contribution in [0.15, 0.2) is 79.1 Å². The molecule has 6 rings (SSSR count). The molecule has 3 aromatic carbocycles. The lowest BCUT2D eigenvalue weighted by Gasteiger charge is -2.09. The number of thiazole rings is 1. The maximum atomic E-state index is 5.52. The van der Waals surface area contributed by atoms with Crippen molar-refractivity contribution in [3.63, 3.8) is 0 Å². The molecule has 2 N–H and O–H groups in total. The lowest BCUT2D eigenvalue weighted by atomic mass is 10.1. The van der Waals surface area contributed by atoms with Crippen LogP contribution in [0.1, 0.15) is 23.1 Å². The molecule has 7 heteroatoms. The highest BCUT2D eigenvalue weighted by Crippen LogP contribution is 2.33. The van der Waals surface area contributed by atoms with Gasteiger partial charge in [-0.15, -0.1) is 0 Å². The van der Waals surface area contributed by atoms with Crippen molar-refractivity contribution < 1.29 is 4.74 Å². The average Bonchev–Trinajstić information content (AvgIpc) is 3.59. The van der Waals surface area contributed by atoms with Gasteiger partial charge in [0.1, 0.15) is 17.1 Å². The third-order valence-corrected chi connectivity index (χ3v) is 7.16. The van der Waals surface area contributed by atoms with Crippen LogP contribution in [-0.2, 0) is 19.4 Å². The van der Waals surface area contributed by atoms with Crippen LogP contribution in [0.2, 0.25) is 0 Å². The summed E-state index contributed by atoms with van der Waals surface area (Å²) in [4.78, 5) is 13.5. The smallest absolute Gasteiger partial charge is 0.183 e. The van der Waals surface area contributed by atoms with Crippen LogP contribution < -0.4 is 15.4 Å². The number of methoxy groups -OCH3 is 1. The quantitative estimate of drug-likeness (QED) is 0.277. The zero-order chi connectivity index (χ0) is 24.7. The first-order valence-electron chi connectivity index (χ1n) is 12.1. The van der Waals surface area contributed by atoms with E-state index in [1.807, 2.05) is 43.4 Å². The van der Waals surface area contributed by atoms with Crippen LogP contribution in [0, 0.1) is 0 Å². The van der Waals surface area contributed by atoms with Gasteiger partial charge in [-0.3, -0.25) is 4.98 Å². The third-order valence-electron chi connectivity index (χ3n) is 6.14. The molecule has 0 saturated heterocycles. The fourth-order valence-electron chi connectivity index (χ4n) is 4.32. The molecule has 0 aliphatic heterocycles. The van der Waals surface area contributed by atoms with Crippen LogP contribution in [-0.4, -0.2) is 29.1 Å². The minimum atomic E-state index is 0.617. The van der Waals surface area contributed by atoms with E-state index in [0.29, 0.717) is 6.54 Å². The summed E-state index contributed by atoms with van der Waals surface area (Å²) in [6.07, 6.45) is 7.46. The van der Waals surface area contributed by atoms with E-state index in [2.05, 4.69) is 55.9 Å². The maximum absolute atomic E-state index is 5.52. The van der Waals surface area contributed by atoms with Gasteiger partial charge in [-0.05, 0) is 48.1 Å². The fraction of sp³-hybridized carbons (Fsp3) is 0.207. The Morgan fingerprint density at radius 2 is 1.67 bits per heavy atom. The highest BCUT2D eigenvalue weighted by atomic mass is 32.1. The number of aromatic nitrogens is 3. The molecule has 0 radical (unpaired) electrons. The topological polar surface area (TPSA) is 72.0 Å². The van der Waals surface area contributed by atoms with Gasteiger partial charge in [-0.25, -0.2) is 9.97 Å². The molecule has 0 atom stereocenters. The maximum Gasteiger partial charge on any atom is 0.183 e. The van der Waals surface area contributed by atoms with E-state index in [4.69, 9.17) is 4.74 Å². The molecule has 2 aromatic heterocycles. The number of benzene rings is 3. The van der Waals surface area contributed by atoms with E-state index in [1.165, 1.54) is 19.3 Å². The number of hydrogen-bond donors (Lipinski definition) is 2. The molecule has 6 nitrogen and oxygen atoms in total. The Morgan fingerprint density at radius 1 is 0.917 bits per heavy atom. The first-order chi connectivity index (χ1) is 17.7. The Kier molecular flexibility index (Phi) is 7.38. The van der Waals surface area contributed by atoms with Gasteiger partial charge in [0.15, 0.2) is 5.13 Å². The van der Waals surface area contributed by atoms with Crippen molar-refractivity contribution in [2.45, 2.75) is 25.8 Å². The van der Waals surface area contributed by atoms with Crippen LogP contribution in [0.5, 0.6) is 5.75 Å². The Hall–Kier alpha value is -3.97. The van der Waals surface area contributed by atoms with Crippen molar-refractivity contribution in [2.75, 3.05) is 24.8 Å². The second-order valence-electron chi connectivity index (χ2n) is 8.55. The lowest BCUT2D eigenvalue weighted by molar-refractivity contribution is 0.418. The van der Waals surface area contributed by atoms with Crippen molar-refractivity contribution in [3.05, 3.63) is 95.8 Å². The van der Waals surface area contributed by atoms with E-state index in [9.17, 15) is 0 Å². The molecular weight excluding hydrogens is 466 g/mol. The zero-order valence-corrected chi connectivity index (χ0v) is 21.3. The van der Waals surface area contributed by atoms with E-state index in [-0.39, 0.29) is 0 Å². The van der Waals surface area contributed by atoms with Crippen molar-refractivity contribution in [1.29, 1.82) is 0 Å². The number of aryl methyl sites for hydroxylation is 2. The highest BCUT2D eigenvalue weighted by Gasteiger charge is 2.11. The fourth-order valence-corrected chi connectivity index (χ4v) is 5.22. The summed E-state index contributed by atoms with van der Waals surface area (Å²) in [5.74, 6) is 1.50. The van der Waals surface area contributed by atoms with Gasteiger partial charge in [-0.1, -0.05) is 65.9 Å². The van der Waals surface area contributed by atoms with Gasteiger partial charge in [0, 0.05) is 19.2 Å². The van der Waals surface area contributed by atoms with E-state index >= 15 is 0 Å². The number of fused-ring (bicyclic) bond motifs is 2. The van der Waals surface area contributed by atoms with E-state index in [1.54, 1.807) is 42.0 Å². The SMILES string of the molecule is CNc1nc2c(OC)cc(CNc3cncc(-c4ccccc4)n3)cc2s1.c1ccc2c(c1)CCC2. The van der Waals surface area contributed by atoms with E-state index in [0.717, 1.165) is 43.7 Å². The minimum absolute atomic E-state index is 0.617. The largest absolute Gasteiger partial charge is 0.494 e. The monoisotopic (exact) mass is 495 g/mol. The average molecular weight is 496 g/mol. The number of hydrogen-bond acceptors (Lipinski definition) is 7. The summed E-state index contributed by atoms with van der Waals surface area (Å²) in [6.45, 7) is 0.617. The van der Waals surface area contributed by atoms with Crippen LogP contribution in [0.4, 0.5) is 10.9 Å². The van der Waals surface area contributed by atoms with Crippen molar-refractivity contribution in [2.24, 2.45) is 0 Å². The Balaban J connectivity index is 0.000000247. The molecule has 1 aliphatic rings. The first-order valence-corrected chi connectivity index (χ1v) is 12.9. The number of nitrogens with zero attached hydrogens (tertiary/aromatic N) is 3. The second-order valence-corrected chi connectivity index (χ2v) is 9.58. The summed E-state index contributed by atoms with van der Waals surface area (Å²) in [5.41, 5.74) is 6.99. The van der Waals surface area contributed by atoms with Gasteiger partial charge < -0.3 is 15.4 Å². The summed E-state index contributed by atoms with van der Waals surface area (Å²) in [7, 11) is 3.53. The number of anilines is 2. The Bertz CT molecular complexity index is 1430. The van der Waals surface area contributed by atoms with Crippen molar-refractivity contribution in [1.82, 2.24) is 15.0 Å². The van der Waals surface area contributed by atoms with E-state index < -0.39 is 0 Å². The van der Waals surface area contributed by atoms with Crippen LogP contribution in [0.3, 0.4) is 0 Å². The molecule has 182 valence electrons. The zero-order valence-electron chi connectivity index (χ0n) is 20.5. The number of ether oxygens (including phenoxy) is 1. The lowest BCUT2D eigenvalue weighted by Crippen LogP contribution is -2.03. The Labute approximate surface area is 215 Å². The molecule has 0 unspecified atom stereocenters. The number of rotatable bonds is 6. The molecule has 1 aliphatic carbocycles. The molecular formula is C29H29N5OS. The predicted octanol–water partition coefficient (Wildman–Crippen LogP) is 6.59. The Morgan fingerprint density at radius 3 is 2.39 bits per heavy atom. The van der Waals surface area contributed by atoms with Gasteiger partial charge in [0.2, 0.25) is 0 Å². The molecule has 36 heavy (non-hydrogen) atoms. The molecule has 0 fully saturated rings. The highest BCUT2D eigenvalue weighted by molar-refractivity contribution is 7.22.